The van der Waals surface area contributed by atoms with Crippen LogP contribution in [-0.4, -0.2) is 11.8 Å². The molecule has 0 bridgehead atoms. The predicted octanol–water partition coefficient (Wildman–Crippen LogP) is 1.50. The van der Waals surface area contributed by atoms with Gasteiger partial charge in [0.1, 0.15) is 0 Å². The highest BCUT2D eigenvalue weighted by Crippen LogP contribution is 2.07. The Balaban J connectivity index is 4.13. The Morgan fingerprint density at radius 1 is 1.55 bits per heavy atom. The largest absolute Gasteiger partial charge is 0.318 e. The second kappa shape index (κ2) is 4.29. The first-order valence-electron chi connectivity index (χ1n) is 3.97. The molecule has 0 saturated heterocycles. The molecule has 0 spiro atoms. The minimum atomic E-state index is -0.458. The Bertz CT molecular complexity index is 161. The molecule has 2 heteroatoms. The van der Waals surface area contributed by atoms with Gasteiger partial charge in [0, 0.05) is 5.92 Å². The Morgan fingerprint density at radius 2 is 2.00 bits per heavy atom. The maximum Gasteiger partial charge on any atom is 0.156 e. The normalized spacial score (nSPS) is 13.2. The molecular formula is C9H17NO. The van der Waals surface area contributed by atoms with Crippen LogP contribution in [0, 0.1) is 5.92 Å². The molecule has 0 unspecified atom stereocenters. The summed E-state index contributed by atoms with van der Waals surface area (Å²) in [5, 5.41) is 0. The lowest BCUT2D eigenvalue weighted by Gasteiger charge is -2.13. The van der Waals surface area contributed by atoms with Crippen molar-refractivity contribution >= 4 is 5.78 Å². The maximum absolute atomic E-state index is 11.3. The summed E-state index contributed by atoms with van der Waals surface area (Å²) in [5.41, 5.74) is 6.45. The molecule has 0 radical (unpaired) electrons. The van der Waals surface area contributed by atoms with Crippen molar-refractivity contribution in [1.29, 1.82) is 0 Å². The van der Waals surface area contributed by atoms with Crippen molar-refractivity contribution in [1.82, 2.24) is 0 Å². The number of ketones is 1. The molecule has 0 aliphatic heterocycles. The molecule has 0 aromatic heterocycles. The van der Waals surface area contributed by atoms with Gasteiger partial charge in [0.2, 0.25) is 0 Å². The van der Waals surface area contributed by atoms with Gasteiger partial charge in [0.25, 0.3) is 0 Å². The van der Waals surface area contributed by atoms with E-state index in [2.05, 4.69) is 6.58 Å². The lowest BCUT2D eigenvalue weighted by molar-refractivity contribution is -0.122. The average Bonchev–Trinajstić information content (AvgIpc) is 2.00. The van der Waals surface area contributed by atoms with Gasteiger partial charge in [-0.3, -0.25) is 4.79 Å². The number of Topliss-reactive ketones (excluding diaryl/α,β-unsaturated/α-hetero) is 1. The number of rotatable bonds is 4. The molecule has 64 valence electrons. The zero-order chi connectivity index (χ0) is 9.02. The fraction of sp³-hybridized carbons (Fsp3) is 0.667. The molecule has 2 nitrogen and oxygen atoms in total. The molecular weight excluding hydrogens is 138 g/mol. The third-order valence-corrected chi connectivity index (χ3v) is 1.77. The zero-order valence-corrected chi connectivity index (χ0v) is 7.55. The van der Waals surface area contributed by atoms with Crippen molar-refractivity contribution in [3.63, 3.8) is 0 Å². The van der Waals surface area contributed by atoms with Crippen LogP contribution in [0.5, 0.6) is 0 Å². The van der Waals surface area contributed by atoms with E-state index in [1.165, 1.54) is 0 Å². The molecule has 0 amide bonds. The SMILES string of the molecule is C=C(CC)[C@@H](N)C(=O)C(C)C. The molecule has 0 aliphatic rings. The van der Waals surface area contributed by atoms with Crippen LogP contribution in [0.2, 0.25) is 0 Å². The van der Waals surface area contributed by atoms with Gasteiger partial charge in [-0.25, -0.2) is 0 Å². The Hall–Kier alpha value is -0.630. The Labute approximate surface area is 68.5 Å². The third kappa shape index (κ3) is 2.85. The van der Waals surface area contributed by atoms with Crippen molar-refractivity contribution in [2.24, 2.45) is 11.7 Å². The number of carbonyl (C=O) groups is 1. The van der Waals surface area contributed by atoms with Crippen LogP contribution < -0.4 is 5.73 Å². The fourth-order valence-corrected chi connectivity index (χ4v) is 0.780. The summed E-state index contributed by atoms with van der Waals surface area (Å²) >= 11 is 0. The minimum absolute atomic E-state index is 0.00769. The van der Waals surface area contributed by atoms with Gasteiger partial charge in [0.15, 0.2) is 5.78 Å². The zero-order valence-electron chi connectivity index (χ0n) is 7.55. The summed E-state index contributed by atoms with van der Waals surface area (Å²) in [5.74, 6) is 0.0881. The summed E-state index contributed by atoms with van der Waals surface area (Å²) < 4.78 is 0. The first-order valence-corrected chi connectivity index (χ1v) is 3.97. The molecule has 0 heterocycles. The van der Waals surface area contributed by atoms with Crippen molar-refractivity contribution in [2.45, 2.75) is 33.2 Å². The van der Waals surface area contributed by atoms with E-state index in [9.17, 15) is 4.79 Å². The molecule has 1 atom stereocenters. The van der Waals surface area contributed by atoms with Crippen LogP contribution in [0.25, 0.3) is 0 Å². The van der Waals surface area contributed by atoms with E-state index in [4.69, 9.17) is 5.73 Å². The monoisotopic (exact) mass is 155 g/mol. The molecule has 0 aromatic carbocycles. The van der Waals surface area contributed by atoms with E-state index in [1.807, 2.05) is 20.8 Å². The predicted molar refractivity (Wildman–Crippen MR) is 47.3 cm³/mol. The third-order valence-electron chi connectivity index (χ3n) is 1.77. The molecule has 2 N–H and O–H groups in total. The van der Waals surface area contributed by atoms with Crippen molar-refractivity contribution in [3.8, 4) is 0 Å². The van der Waals surface area contributed by atoms with Crippen molar-refractivity contribution in [3.05, 3.63) is 12.2 Å². The summed E-state index contributed by atoms with van der Waals surface area (Å²) in [4.78, 5) is 11.3. The highest BCUT2D eigenvalue weighted by molar-refractivity contribution is 5.88. The molecule has 0 rings (SSSR count). The van der Waals surface area contributed by atoms with Crippen LogP contribution >= 0.6 is 0 Å². The van der Waals surface area contributed by atoms with Gasteiger partial charge in [-0.15, -0.1) is 0 Å². The van der Waals surface area contributed by atoms with Crippen molar-refractivity contribution < 1.29 is 4.79 Å². The highest BCUT2D eigenvalue weighted by Gasteiger charge is 2.17. The van der Waals surface area contributed by atoms with E-state index in [1.54, 1.807) is 0 Å². The number of hydrogen-bond donors (Lipinski definition) is 1. The van der Waals surface area contributed by atoms with Crippen LogP contribution in [0.3, 0.4) is 0 Å². The number of hydrogen-bond acceptors (Lipinski definition) is 2. The number of nitrogens with two attached hydrogens (primary N) is 1. The Kier molecular flexibility index (Phi) is 4.04. The molecule has 11 heavy (non-hydrogen) atoms. The first kappa shape index (κ1) is 10.4. The van der Waals surface area contributed by atoms with E-state index in [0.717, 1.165) is 12.0 Å². The maximum atomic E-state index is 11.3. The highest BCUT2D eigenvalue weighted by atomic mass is 16.1. The molecule has 0 fully saturated rings. The summed E-state index contributed by atoms with van der Waals surface area (Å²) in [7, 11) is 0. The van der Waals surface area contributed by atoms with E-state index < -0.39 is 6.04 Å². The van der Waals surface area contributed by atoms with Crippen LogP contribution in [0.1, 0.15) is 27.2 Å². The van der Waals surface area contributed by atoms with Crippen molar-refractivity contribution in [2.75, 3.05) is 0 Å². The summed E-state index contributed by atoms with van der Waals surface area (Å²) in [6, 6.07) is -0.458. The van der Waals surface area contributed by atoms with Gasteiger partial charge in [-0.05, 0) is 6.42 Å². The van der Waals surface area contributed by atoms with Gasteiger partial charge in [0.05, 0.1) is 6.04 Å². The first-order chi connectivity index (χ1) is 5.00. The van der Waals surface area contributed by atoms with E-state index in [-0.39, 0.29) is 11.7 Å². The lowest BCUT2D eigenvalue weighted by Crippen LogP contribution is -2.35. The lowest BCUT2D eigenvalue weighted by atomic mass is 9.96. The van der Waals surface area contributed by atoms with E-state index >= 15 is 0 Å². The second-order valence-electron chi connectivity index (χ2n) is 3.05. The molecule has 0 saturated carbocycles. The quantitative estimate of drug-likeness (QED) is 0.625. The summed E-state index contributed by atoms with van der Waals surface area (Å²) in [6.07, 6.45) is 0.777. The Morgan fingerprint density at radius 3 is 2.27 bits per heavy atom. The second-order valence-corrected chi connectivity index (χ2v) is 3.05. The van der Waals surface area contributed by atoms with Gasteiger partial charge in [-0.2, -0.15) is 0 Å². The van der Waals surface area contributed by atoms with Crippen LogP contribution in [0.15, 0.2) is 12.2 Å². The topological polar surface area (TPSA) is 43.1 Å². The molecule has 0 aliphatic carbocycles. The molecule has 0 aromatic rings. The van der Waals surface area contributed by atoms with Crippen LogP contribution in [0.4, 0.5) is 0 Å². The standard InChI is InChI=1S/C9H17NO/c1-5-7(4)8(10)9(11)6(2)3/h6,8H,4-5,10H2,1-3H3/t8-/m1/s1. The van der Waals surface area contributed by atoms with Gasteiger partial charge in [-0.1, -0.05) is 32.9 Å². The average molecular weight is 155 g/mol. The van der Waals surface area contributed by atoms with Gasteiger partial charge >= 0.3 is 0 Å². The fourth-order valence-electron chi connectivity index (χ4n) is 0.780. The van der Waals surface area contributed by atoms with Crippen LogP contribution in [-0.2, 0) is 4.79 Å². The minimum Gasteiger partial charge on any atom is -0.318 e. The van der Waals surface area contributed by atoms with Gasteiger partial charge < -0.3 is 5.73 Å². The smallest absolute Gasteiger partial charge is 0.156 e. The summed E-state index contributed by atoms with van der Waals surface area (Å²) in [6.45, 7) is 9.39. The van der Waals surface area contributed by atoms with E-state index in [0.29, 0.717) is 0 Å². The number of carbonyl (C=O) groups excluding carboxylic acids is 1.